The van der Waals surface area contributed by atoms with Crippen LogP contribution >= 0.6 is 0 Å². The normalized spacial score (nSPS) is 16.3. The Morgan fingerprint density at radius 2 is 1.64 bits per heavy atom. The molecule has 0 amide bonds. The molecule has 0 aromatic carbocycles. The first-order valence-electron chi connectivity index (χ1n) is 6.44. The molecule has 0 aliphatic heterocycles. The number of carbonyl (C=O) groups is 3. The topological polar surface area (TPSA) is 99.1 Å². The van der Waals surface area contributed by atoms with Crippen LogP contribution < -0.4 is 0 Å². The van der Waals surface area contributed by atoms with E-state index in [-0.39, 0.29) is 41.3 Å². The van der Waals surface area contributed by atoms with Gasteiger partial charge in [-0.05, 0) is 13.0 Å². The van der Waals surface area contributed by atoms with Crippen molar-refractivity contribution in [2.75, 3.05) is 27.9 Å². The van der Waals surface area contributed by atoms with Gasteiger partial charge in [0.1, 0.15) is 0 Å². The number of carbonyl (C=O) groups excluding carboxylic acids is 2. The van der Waals surface area contributed by atoms with Crippen molar-refractivity contribution in [2.45, 2.75) is 13.3 Å². The van der Waals surface area contributed by atoms with Crippen LogP contribution in [0.2, 0.25) is 0 Å². The summed E-state index contributed by atoms with van der Waals surface area (Å²) in [5.41, 5.74) is 0.0589. The molecule has 1 aliphatic rings. The van der Waals surface area contributed by atoms with Crippen LogP contribution in [0.25, 0.3) is 0 Å². The minimum absolute atomic E-state index is 0.0175. The number of carboxylic acids is 1. The summed E-state index contributed by atoms with van der Waals surface area (Å²) < 4.78 is 14.7. The van der Waals surface area contributed by atoms with E-state index in [0.29, 0.717) is 0 Å². The van der Waals surface area contributed by atoms with E-state index in [2.05, 4.69) is 0 Å². The Balaban J connectivity index is 3.34. The molecule has 0 bridgehead atoms. The maximum Gasteiger partial charge on any atom is 0.331 e. The molecule has 0 heterocycles. The van der Waals surface area contributed by atoms with Crippen molar-refractivity contribution >= 4 is 17.5 Å². The lowest BCUT2D eigenvalue weighted by Crippen LogP contribution is -2.24. The highest BCUT2D eigenvalue weighted by atomic mass is 16.5. The standard InChI is InChI=1S/C15H18O7/c1-8-10(7-9(15(18)19)5-6-20-2)12(17)14(22-4)13(21-3)11(8)16/h7H,5-6H2,1-4H3,(H,18,19). The molecule has 0 radical (unpaired) electrons. The molecule has 0 spiro atoms. The third-order valence-electron chi connectivity index (χ3n) is 3.18. The molecule has 120 valence electrons. The van der Waals surface area contributed by atoms with E-state index < -0.39 is 17.5 Å². The van der Waals surface area contributed by atoms with E-state index in [1.54, 1.807) is 0 Å². The molecule has 0 aromatic rings. The molecule has 0 unspecified atom stereocenters. The molecule has 0 saturated carbocycles. The number of carboxylic acid groups (broad SMARTS) is 1. The predicted molar refractivity (Wildman–Crippen MR) is 76.0 cm³/mol. The summed E-state index contributed by atoms with van der Waals surface area (Å²) in [5, 5.41) is 9.18. The number of allylic oxidation sites excluding steroid dienone is 3. The molecule has 0 saturated heterocycles. The van der Waals surface area contributed by atoms with Crippen molar-refractivity contribution < 1.29 is 33.7 Å². The number of rotatable bonds is 7. The summed E-state index contributed by atoms with van der Waals surface area (Å²) in [5.74, 6) is -2.70. The summed E-state index contributed by atoms with van der Waals surface area (Å²) in [6.45, 7) is 1.62. The first kappa shape index (κ1) is 17.6. The fourth-order valence-corrected chi connectivity index (χ4v) is 1.96. The van der Waals surface area contributed by atoms with E-state index in [4.69, 9.17) is 14.2 Å². The molecular weight excluding hydrogens is 292 g/mol. The zero-order chi connectivity index (χ0) is 16.9. The van der Waals surface area contributed by atoms with Crippen LogP contribution in [0.15, 0.2) is 34.3 Å². The fraction of sp³-hybridized carbons (Fsp3) is 0.400. The molecular formula is C15H18O7. The highest BCUT2D eigenvalue weighted by Crippen LogP contribution is 2.27. The Morgan fingerprint density at radius 3 is 2.09 bits per heavy atom. The molecule has 0 aromatic heterocycles. The zero-order valence-electron chi connectivity index (χ0n) is 12.9. The molecule has 22 heavy (non-hydrogen) atoms. The predicted octanol–water partition coefficient (Wildman–Crippen LogP) is 1.01. The Bertz CT molecular complexity index is 593. The zero-order valence-corrected chi connectivity index (χ0v) is 12.9. The number of ketones is 2. The second-order valence-corrected chi connectivity index (χ2v) is 4.48. The molecule has 0 fully saturated rings. The lowest BCUT2D eigenvalue weighted by Gasteiger charge is -2.19. The van der Waals surface area contributed by atoms with Crippen molar-refractivity contribution in [2.24, 2.45) is 0 Å². The van der Waals surface area contributed by atoms with E-state index in [0.717, 1.165) is 0 Å². The van der Waals surface area contributed by atoms with E-state index in [1.165, 1.54) is 34.3 Å². The third kappa shape index (κ3) is 3.43. The highest BCUT2D eigenvalue weighted by Gasteiger charge is 2.34. The van der Waals surface area contributed by atoms with Gasteiger partial charge in [0.25, 0.3) is 0 Å². The maximum atomic E-state index is 12.4. The van der Waals surface area contributed by atoms with E-state index in [9.17, 15) is 19.5 Å². The van der Waals surface area contributed by atoms with Crippen molar-refractivity contribution in [3.05, 3.63) is 34.3 Å². The van der Waals surface area contributed by atoms with Crippen LogP contribution in [-0.4, -0.2) is 50.6 Å². The Kier molecular flexibility index (Phi) is 6.06. The van der Waals surface area contributed by atoms with Gasteiger partial charge in [0.2, 0.25) is 23.1 Å². The van der Waals surface area contributed by atoms with Gasteiger partial charge in [-0.25, -0.2) is 4.79 Å². The van der Waals surface area contributed by atoms with Crippen molar-refractivity contribution in [1.29, 1.82) is 0 Å². The molecule has 1 N–H and O–H groups in total. The first-order valence-corrected chi connectivity index (χ1v) is 6.44. The van der Waals surface area contributed by atoms with Gasteiger partial charge < -0.3 is 19.3 Å². The van der Waals surface area contributed by atoms with Crippen molar-refractivity contribution in [1.82, 2.24) is 0 Å². The van der Waals surface area contributed by atoms with Gasteiger partial charge in [0.05, 0.1) is 20.8 Å². The molecule has 1 aliphatic carbocycles. The SMILES string of the molecule is COCCC(=CC1=C(C)C(=O)C(OC)=C(OC)C1=O)C(=O)O. The van der Waals surface area contributed by atoms with E-state index >= 15 is 0 Å². The number of hydrogen-bond acceptors (Lipinski definition) is 6. The van der Waals surface area contributed by atoms with Crippen LogP contribution in [-0.2, 0) is 28.6 Å². The summed E-state index contributed by atoms with van der Waals surface area (Å²) in [4.78, 5) is 35.8. The van der Waals surface area contributed by atoms with Gasteiger partial charge in [0.15, 0.2) is 0 Å². The van der Waals surface area contributed by atoms with Gasteiger partial charge in [-0.3, -0.25) is 9.59 Å². The summed E-state index contributed by atoms with van der Waals surface area (Å²) in [7, 11) is 3.94. The number of Topliss-reactive ketones (excluding diaryl/α,β-unsaturated/α-hetero) is 2. The van der Waals surface area contributed by atoms with Crippen LogP contribution in [0.3, 0.4) is 0 Å². The maximum absolute atomic E-state index is 12.4. The average molecular weight is 310 g/mol. The lowest BCUT2D eigenvalue weighted by atomic mass is 9.91. The molecule has 7 heteroatoms. The second kappa shape index (κ2) is 7.56. The van der Waals surface area contributed by atoms with Gasteiger partial charge in [-0.1, -0.05) is 0 Å². The van der Waals surface area contributed by atoms with Crippen LogP contribution in [0.5, 0.6) is 0 Å². The molecule has 7 nitrogen and oxygen atoms in total. The number of methoxy groups -OCH3 is 3. The monoisotopic (exact) mass is 310 g/mol. The number of aliphatic carboxylic acids is 1. The van der Waals surface area contributed by atoms with Crippen molar-refractivity contribution in [3.63, 3.8) is 0 Å². The van der Waals surface area contributed by atoms with Crippen LogP contribution in [0, 0.1) is 0 Å². The second-order valence-electron chi connectivity index (χ2n) is 4.48. The first-order chi connectivity index (χ1) is 10.4. The smallest absolute Gasteiger partial charge is 0.331 e. The minimum atomic E-state index is -1.18. The fourth-order valence-electron chi connectivity index (χ4n) is 1.96. The largest absolute Gasteiger partial charge is 0.489 e. The molecule has 0 atom stereocenters. The van der Waals surface area contributed by atoms with Crippen LogP contribution in [0.1, 0.15) is 13.3 Å². The van der Waals surface area contributed by atoms with E-state index in [1.807, 2.05) is 0 Å². The summed E-state index contributed by atoms with van der Waals surface area (Å²) in [6, 6.07) is 0. The summed E-state index contributed by atoms with van der Waals surface area (Å²) in [6.07, 6.45) is 1.29. The Morgan fingerprint density at radius 1 is 1.09 bits per heavy atom. The number of hydrogen-bond donors (Lipinski definition) is 1. The minimum Gasteiger partial charge on any atom is -0.489 e. The average Bonchev–Trinajstić information content (AvgIpc) is 2.49. The van der Waals surface area contributed by atoms with Crippen molar-refractivity contribution in [3.8, 4) is 0 Å². The summed E-state index contributed by atoms with van der Waals surface area (Å²) >= 11 is 0. The Labute approximate surface area is 127 Å². The van der Waals surface area contributed by atoms with Gasteiger partial charge in [-0.15, -0.1) is 0 Å². The quantitative estimate of drug-likeness (QED) is 0.553. The lowest BCUT2D eigenvalue weighted by molar-refractivity contribution is -0.133. The highest BCUT2D eigenvalue weighted by molar-refractivity contribution is 6.24. The Hall–Kier alpha value is -2.41. The van der Waals surface area contributed by atoms with Crippen LogP contribution in [0.4, 0.5) is 0 Å². The number of ether oxygens (including phenoxy) is 3. The third-order valence-corrected chi connectivity index (χ3v) is 3.18. The molecule has 1 rings (SSSR count). The van der Waals surface area contributed by atoms with Gasteiger partial charge in [-0.2, -0.15) is 0 Å². The van der Waals surface area contributed by atoms with Gasteiger partial charge >= 0.3 is 5.97 Å². The van der Waals surface area contributed by atoms with Gasteiger partial charge in [0, 0.05) is 30.2 Å².